The van der Waals surface area contributed by atoms with Gasteiger partial charge in [0.25, 0.3) is 5.91 Å². The molecule has 0 spiro atoms. The lowest BCUT2D eigenvalue weighted by Crippen LogP contribution is -2.37. The molecular formula is C25H28N2O2. The minimum absolute atomic E-state index is 0.0102. The first-order valence-corrected chi connectivity index (χ1v) is 10.5. The first-order valence-electron chi connectivity index (χ1n) is 10.5. The maximum absolute atomic E-state index is 13.1. The molecule has 29 heavy (non-hydrogen) atoms. The molecule has 4 rings (SSSR count). The Bertz CT molecular complexity index is 985. The number of carbonyl (C=O) groups excluding carboxylic acids is 1. The standard InChI is InChI=1S/C25H28N2O2/c1-2-16-27-22-14-9-15-24(29-18-19-10-5-3-6-11-19)21(22)17-23(27)25(28)26-20-12-7-4-8-13-20/h2-3,5-6,9-11,14-15,17,20H,1,4,7-8,12-13,16,18H2,(H,26,28). The summed E-state index contributed by atoms with van der Waals surface area (Å²) < 4.78 is 8.13. The van der Waals surface area contributed by atoms with E-state index in [-0.39, 0.29) is 11.9 Å². The van der Waals surface area contributed by atoms with Gasteiger partial charge in [0.05, 0.1) is 5.52 Å². The Balaban J connectivity index is 1.62. The number of rotatable bonds is 7. The van der Waals surface area contributed by atoms with Crippen LogP contribution in [-0.2, 0) is 13.2 Å². The number of aromatic nitrogens is 1. The van der Waals surface area contributed by atoms with Crippen LogP contribution in [0.25, 0.3) is 10.9 Å². The molecule has 4 nitrogen and oxygen atoms in total. The molecule has 2 aromatic carbocycles. The van der Waals surface area contributed by atoms with Crippen LogP contribution in [-0.4, -0.2) is 16.5 Å². The second kappa shape index (κ2) is 8.99. The molecular weight excluding hydrogens is 360 g/mol. The van der Waals surface area contributed by atoms with E-state index in [1.807, 2.05) is 65.2 Å². The predicted molar refractivity (Wildman–Crippen MR) is 117 cm³/mol. The number of fused-ring (bicyclic) bond motifs is 1. The van der Waals surface area contributed by atoms with Crippen molar-refractivity contribution < 1.29 is 9.53 Å². The van der Waals surface area contributed by atoms with Crippen LogP contribution in [0.5, 0.6) is 5.75 Å². The molecule has 3 aromatic rings. The summed E-state index contributed by atoms with van der Waals surface area (Å²) in [5.74, 6) is 0.782. The van der Waals surface area contributed by atoms with Gasteiger partial charge in [0.15, 0.2) is 0 Å². The number of nitrogens with one attached hydrogen (secondary N) is 1. The zero-order valence-electron chi connectivity index (χ0n) is 16.8. The Morgan fingerprint density at radius 1 is 1.10 bits per heavy atom. The molecule has 1 fully saturated rings. The minimum atomic E-state index is -0.0102. The summed E-state index contributed by atoms with van der Waals surface area (Å²) >= 11 is 0. The lowest BCUT2D eigenvalue weighted by atomic mass is 9.95. The second-order valence-electron chi connectivity index (χ2n) is 7.70. The van der Waals surface area contributed by atoms with Crippen molar-refractivity contribution in [3.05, 3.63) is 78.5 Å². The zero-order chi connectivity index (χ0) is 20.1. The van der Waals surface area contributed by atoms with Gasteiger partial charge in [-0.25, -0.2) is 0 Å². The van der Waals surface area contributed by atoms with E-state index in [9.17, 15) is 4.79 Å². The molecule has 1 aliphatic rings. The van der Waals surface area contributed by atoms with Gasteiger partial charge in [-0.15, -0.1) is 6.58 Å². The monoisotopic (exact) mass is 388 g/mol. The Morgan fingerprint density at radius 3 is 2.66 bits per heavy atom. The number of hydrogen-bond acceptors (Lipinski definition) is 2. The van der Waals surface area contributed by atoms with Crippen molar-refractivity contribution in [1.82, 2.24) is 9.88 Å². The third kappa shape index (κ3) is 4.37. The molecule has 4 heteroatoms. The van der Waals surface area contributed by atoms with E-state index in [1.165, 1.54) is 19.3 Å². The highest BCUT2D eigenvalue weighted by molar-refractivity contribution is 6.00. The summed E-state index contributed by atoms with van der Waals surface area (Å²) in [5.41, 5.74) is 2.77. The summed E-state index contributed by atoms with van der Waals surface area (Å²) in [6.45, 7) is 4.95. The van der Waals surface area contributed by atoms with Crippen LogP contribution < -0.4 is 10.1 Å². The van der Waals surface area contributed by atoms with Gasteiger partial charge >= 0.3 is 0 Å². The average molecular weight is 389 g/mol. The van der Waals surface area contributed by atoms with Crippen LogP contribution in [0.2, 0.25) is 0 Å². The van der Waals surface area contributed by atoms with Crippen LogP contribution in [0, 0.1) is 0 Å². The van der Waals surface area contributed by atoms with Gasteiger partial charge < -0.3 is 14.6 Å². The van der Waals surface area contributed by atoms with Crippen molar-refractivity contribution in [2.45, 2.75) is 51.3 Å². The van der Waals surface area contributed by atoms with Gasteiger partial charge in [0.2, 0.25) is 0 Å². The quantitative estimate of drug-likeness (QED) is 0.546. The third-order valence-electron chi connectivity index (χ3n) is 5.63. The maximum atomic E-state index is 13.1. The summed E-state index contributed by atoms with van der Waals surface area (Å²) in [7, 11) is 0. The smallest absolute Gasteiger partial charge is 0.268 e. The van der Waals surface area contributed by atoms with E-state index in [0.717, 1.165) is 35.1 Å². The van der Waals surface area contributed by atoms with Gasteiger partial charge in [0.1, 0.15) is 18.1 Å². The molecule has 1 saturated carbocycles. The minimum Gasteiger partial charge on any atom is -0.488 e. The van der Waals surface area contributed by atoms with Crippen molar-refractivity contribution in [2.24, 2.45) is 0 Å². The van der Waals surface area contributed by atoms with Crippen LogP contribution >= 0.6 is 0 Å². The largest absolute Gasteiger partial charge is 0.488 e. The fraction of sp³-hybridized carbons (Fsp3) is 0.320. The Kier molecular flexibility index (Phi) is 5.99. The predicted octanol–water partition coefficient (Wildman–Crippen LogP) is 5.47. The molecule has 0 radical (unpaired) electrons. The van der Waals surface area contributed by atoms with Crippen LogP contribution in [0.15, 0.2) is 67.3 Å². The number of allylic oxidation sites excluding steroid dienone is 1. The molecule has 1 heterocycles. The van der Waals surface area contributed by atoms with Gasteiger partial charge in [0, 0.05) is 18.0 Å². The van der Waals surface area contributed by atoms with E-state index in [1.54, 1.807) is 0 Å². The van der Waals surface area contributed by atoms with Crippen LogP contribution in [0.4, 0.5) is 0 Å². The average Bonchev–Trinajstić information content (AvgIpc) is 3.13. The molecule has 0 atom stereocenters. The highest BCUT2D eigenvalue weighted by atomic mass is 16.5. The number of benzene rings is 2. The van der Waals surface area contributed by atoms with Crippen LogP contribution in [0.3, 0.4) is 0 Å². The number of hydrogen-bond donors (Lipinski definition) is 1. The highest BCUT2D eigenvalue weighted by Crippen LogP contribution is 2.30. The molecule has 0 bridgehead atoms. The summed E-state index contributed by atoms with van der Waals surface area (Å²) in [6, 6.07) is 18.3. The van der Waals surface area contributed by atoms with Gasteiger partial charge in [-0.1, -0.05) is 61.7 Å². The molecule has 150 valence electrons. The number of ether oxygens (including phenoxy) is 1. The van der Waals surface area contributed by atoms with E-state index in [4.69, 9.17) is 4.74 Å². The molecule has 0 unspecified atom stereocenters. The topological polar surface area (TPSA) is 43.3 Å². The van der Waals surface area contributed by atoms with E-state index >= 15 is 0 Å². The molecule has 1 aliphatic carbocycles. The first kappa shape index (κ1) is 19.3. The molecule has 1 N–H and O–H groups in total. The van der Waals surface area contributed by atoms with E-state index in [0.29, 0.717) is 18.8 Å². The fourth-order valence-corrected chi connectivity index (χ4v) is 4.14. The number of amides is 1. The van der Waals surface area contributed by atoms with Gasteiger partial charge in [-0.05, 0) is 36.6 Å². The van der Waals surface area contributed by atoms with Crippen molar-refractivity contribution >= 4 is 16.8 Å². The molecule has 0 saturated heterocycles. The summed E-state index contributed by atoms with van der Waals surface area (Å²) in [6.07, 6.45) is 7.62. The van der Waals surface area contributed by atoms with Crippen molar-refractivity contribution in [3.8, 4) is 5.75 Å². The lowest BCUT2D eigenvalue weighted by Gasteiger charge is -2.23. The number of carbonyl (C=O) groups is 1. The zero-order valence-corrected chi connectivity index (χ0v) is 16.8. The van der Waals surface area contributed by atoms with Crippen molar-refractivity contribution in [3.63, 3.8) is 0 Å². The number of nitrogens with zero attached hydrogens (tertiary/aromatic N) is 1. The highest BCUT2D eigenvalue weighted by Gasteiger charge is 2.21. The van der Waals surface area contributed by atoms with Crippen molar-refractivity contribution in [1.29, 1.82) is 0 Å². The van der Waals surface area contributed by atoms with Crippen LogP contribution in [0.1, 0.15) is 48.2 Å². The molecule has 0 aliphatic heterocycles. The molecule has 1 amide bonds. The second-order valence-corrected chi connectivity index (χ2v) is 7.70. The maximum Gasteiger partial charge on any atom is 0.268 e. The summed E-state index contributed by atoms with van der Waals surface area (Å²) in [4.78, 5) is 13.1. The Morgan fingerprint density at radius 2 is 1.90 bits per heavy atom. The molecule has 1 aromatic heterocycles. The fourth-order valence-electron chi connectivity index (χ4n) is 4.14. The Hall–Kier alpha value is -3.01. The summed E-state index contributed by atoms with van der Waals surface area (Å²) in [5, 5.41) is 4.19. The SMILES string of the molecule is C=CCn1c(C(=O)NC2CCCCC2)cc2c(OCc3ccccc3)cccc21. The Labute approximate surface area is 172 Å². The lowest BCUT2D eigenvalue weighted by molar-refractivity contribution is 0.0919. The van der Waals surface area contributed by atoms with Gasteiger partial charge in [-0.3, -0.25) is 4.79 Å². The van der Waals surface area contributed by atoms with E-state index < -0.39 is 0 Å². The van der Waals surface area contributed by atoms with Crippen molar-refractivity contribution in [2.75, 3.05) is 0 Å². The van der Waals surface area contributed by atoms with Gasteiger partial charge in [-0.2, -0.15) is 0 Å². The normalized spacial score (nSPS) is 14.6. The third-order valence-corrected chi connectivity index (χ3v) is 5.63. The first-order chi connectivity index (χ1) is 14.3. The van der Waals surface area contributed by atoms with E-state index in [2.05, 4.69) is 11.9 Å².